The molecule has 1 nitrogen and oxygen atoms in total. The highest BCUT2D eigenvalue weighted by Gasteiger charge is 2.20. The van der Waals surface area contributed by atoms with Crippen LogP contribution < -0.4 is 0 Å². The van der Waals surface area contributed by atoms with Crippen LogP contribution in [0.1, 0.15) is 31.2 Å². The van der Waals surface area contributed by atoms with Crippen LogP contribution >= 0.6 is 11.6 Å². The zero-order valence-electron chi connectivity index (χ0n) is 9.01. The van der Waals surface area contributed by atoms with Crippen molar-refractivity contribution in [3.63, 3.8) is 0 Å². The molecule has 0 saturated heterocycles. The lowest BCUT2D eigenvalue weighted by molar-refractivity contribution is -0.121. The van der Waals surface area contributed by atoms with Crippen molar-refractivity contribution in [1.82, 2.24) is 0 Å². The quantitative estimate of drug-likeness (QED) is 0.769. The van der Waals surface area contributed by atoms with Crippen LogP contribution in [0.15, 0.2) is 18.2 Å². The van der Waals surface area contributed by atoms with Crippen LogP contribution in [0, 0.1) is 11.7 Å². The Morgan fingerprint density at radius 3 is 2.94 bits per heavy atom. The molecule has 1 unspecified atom stereocenters. The SMILES string of the molecule is O=C1CCCC(Cc2ccc(Cl)cc2F)C1. The van der Waals surface area contributed by atoms with Gasteiger partial charge in [-0.25, -0.2) is 4.39 Å². The van der Waals surface area contributed by atoms with Gasteiger partial charge in [0.15, 0.2) is 0 Å². The monoisotopic (exact) mass is 240 g/mol. The van der Waals surface area contributed by atoms with Crippen molar-refractivity contribution in [3.05, 3.63) is 34.6 Å². The average Bonchev–Trinajstić information content (AvgIpc) is 2.22. The minimum Gasteiger partial charge on any atom is -0.300 e. The maximum Gasteiger partial charge on any atom is 0.133 e. The smallest absolute Gasteiger partial charge is 0.133 e. The third-order valence-corrected chi connectivity index (χ3v) is 3.34. The third kappa shape index (κ3) is 2.82. The molecule has 0 amide bonds. The summed E-state index contributed by atoms with van der Waals surface area (Å²) < 4.78 is 13.5. The van der Waals surface area contributed by atoms with E-state index in [0.717, 1.165) is 12.8 Å². The first kappa shape index (κ1) is 11.6. The van der Waals surface area contributed by atoms with Crippen molar-refractivity contribution in [2.45, 2.75) is 32.1 Å². The van der Waals surface area contributed by atoms with Gasteiger partial charge in [0.1, 0.15) is 11.6 Å². The highest BCUT2D eigenvalue weighted by Crippen LogP contribution is 2.26. The van der Waals surface area contributed by atoms with E-state index < -0.39 is 0 Å². The van der Waals surface area contributed by atoms with Gasteiger partial charge in [0.2, 0.25) is 0 Å². The fraction of sp³-hybridized carbons (Fsp3) is 0.462. The summed E-state index contributed by atoms with van der Waals surface area (Å²) in [6.07, 6.45) is 3.91. The molecular formula is C13H14ClFO. The number of hydrogen-bond donors (Lipinski definition) is 0. The summed E-state index contributed by atoms with van der Waals surface area (Å²) in [4.78, 5) is 11.3. The van der Waals surface area contributed by atoms with Gasteiger partial charge in [0.25, 0.3) is 0 Å². The molecule has 16 heavy (non-hydrogen) atoms. The molecule has 86 valence electrons. The Balaban J connectivity index is 2.05. The Morgan fingerprint density at radius 1 is 1.44 bits per heavy atom. The van der Waals surface area contributed by atoms with E-state index in [1.54, 1.807) is 12.1 Å². The molecule has 0 aromatic heterocycles. The topological polar surface area (TPSA) is 17.1 Å². The molecule has 0 aliphatic heterocycles. The van der Waals surface area contributed by atoms with Crippen LogP contribution in [-0.2, 0) is 11.2 Å². The Labute approximate surface area is 99.6 Å². The van der Waals surface area contributed by atoms with Crippen LogP contribution in [0.3, 0.4) is 0 Å². The van der Waals surface area contributed by atoms with Crippen LogP contribution in [0.4, 0.5) is 4.39 Å². The molecule has 1 saturated carbocycles. The van der Waals surface area contributed by atoms with E-state index >= 15 is 0 Å². The Kier molecular flexibility index (Phi) is 3.59. The van der Waals surface area contributed by atoms with Crippen molar-refractivity contribution in [2.24, 2.45) is 5.92 Å². The van der Waals surface area contributed by atoms with Gasteiger partial charge in [-0.15, -0.1) is 0 Å². The molecule has 1 aliphatic rings. The molecule has 0 bridgehead atoms. The molecule has 1 aromatic carbocycles. The molecule has 1 fully saturated rings. The van der Waals surface area contributed by atoms with E-state index in [1.165, 1.54) is 6.07 Å². The van der Waals surface area contributed by atoms with Gasteiger partial charge in [-0.1, -0.05) is 17.7 Å². The fourth-order valence-electron chi connectivity index (χ4n) is 2.29. The lowest BCUT2D eigenvalue weighted by atomic mass is 9.84. The van der Waals surface area contributed by atoms with Crippen molar-refractivity contribution >= 4 is 17.4 Å². The zero-order chi connectivity index (χ0) is 11.5. The molecular weight excluding hydrogens is 227 g/mol. The van der Waals surface area contributed by atoms with Crippen molar-refractivity contribution in [1.29, 1.82) is 0 Å². The maximum atomic E-state index is 13.5. The van der Waals surface area contributed by atoms with Gasteiger partial charge in [0.05, 0.1) is 0 Å². The molecule has 2 rings (SSSR count). The standard InChI is InChI=1S/C13H14ClFO/c14-11-5-4-10(13(15)8-11)6-9-2-1-3-12(16)7-9/h4-5,8-9H,1-3,6-7H2. The second kappa shape index (κ2) is 4.96. The molecule has 0 heterocycles. The molecule has 1 aromatic rings. The Bertz CT molecular complexity index is 403. The molecule has 0 N–H and O–H groups in total. The fourth-order valence-corrected chi connectivity index (χ4v) is 2.45. The number of benzene rings is 1. The number of halogens is 2. The van der Waals surface area contributed by atoms with Crippen LogP contribution in [0.2, 0.25) is 5.02 Å². The van der Waals surface area contributed by atoms with Gasteiger partial charge >= 0.3 is 0 Å². The summed E-state index contributed by atoms with van der Waals surface area (Å²) in [6, 6.07) is 4.75. The van der Waals surface area contributed by atoms with E-state index in [4.69, 9.17) is 11.6 Å². The first-order chi connectivity index (χ1) is 7.65. The van der Waals surface area contributed by atoms with E-state index in [-0.39, 0.29) is 5.82 Å². The molecule has 3 heteroatoms. The van der Waals surface area contributed by atoms with Gasteiger partial charge in [-0.3, -0.25) is 4.79 Å². The number of carbonyl (C=O) groups is 1. The summed E-state index contributed by atoms with van der Waals surface area (Å²) >= 11 is 5.69. The normalized spacial score (nSPS) is 21.1. The second-order valence-electron chi connectivity index (χ2n) is 4.44. The molecule has 0 radical (unpaired) electrons. The predicted molar refractivity (Wildman–Crippen MR) is 62.1 cm³/mol. The summed E-state index contributed by atoms with van der Waals surface area (Å²) in [6.45, 7) is 0. The number of rotatable bonds is 2. The first-order valence-corrected chi connectivity index (χ1v) is 5.98. The lowest BCUT2D eigenvalue weighted by Crippen LogP contribution is -2.17. The highest BCUT2D eigenvalue weighted by atomic mass is 35.5. The number of ketones is 1. The van der Waals surface area contributed by atoms with Gasteiger partial charge in [0, 0.05) is 17.9 Å². The van der Waals surface area contributed by atoms with Gasteiger partial charge in [-0.05, 0) is 42.9 Å². The van der Waals surface area contributed by atoms with Crippen LogP contribution in [-0.4, -0.2) is 5.78 Å². The predicted octanol–water partition coefficient (Wildman–Crippen LogP) is 3.78. The Hall–Kier alpha value is -0.890. The minimum atomic E-state index is -0.259. The first-order valence-electron chi connectivity index (χ1n) is 5.61. The molecule has 0 spiro atoms. The minimum absolute atomic E-state index is 0.259. The number of carbonyl (C=O) groups excluding carboxylic acids is 1. The summed E-state index contributed by atoms with van der Waals surface area (Å²) in [5.41, 5.74) is 0.670. The average molecular weight is 241 g/mol. The van der Waals surface area contributed by atoms with Crippen LogP contribution in [0.25, 0.3) is 0 Å². The van der Waals surface area contributed by atoms with E-state index in [9.17, 15) is 9.18 Å². The zero-order valence-corrected chi connectivity index (χ0v) is 9.77. The summed E-state index contributed by atoms with van der Waals surface area (Å²) in [7, 11) is 0. The summed E-state index contributed by atoms with van der Waals surface area (Å²) in [5.74, 6) is 0.355. The summed E-state index contributed by atoms with van der Waals surface area (Å²) in [5, 5.41) is 0.418. The maximum absolute atomic E-state index is 13.5. The third-order valence-electron chi connectivity index (χ3n) is 3.11. The van der Waals surface area contributed by atoms with E-state index in [2.05, 4.69) is 0 Å². The highest BCUT2D eigenvalue weighted by molar-refractivity contribution is 6.30. The molecule has 1 atom stereocenters. The van der Waals surface area contributed by atoms with Gasteiger partial charge < -0.3 is 0 Å². The van der Waals surface area contributed by atoms with Crippen molar-refractivity contribution in [3.8, 4) is 0 Å². The lowest BCUT2D eigenvalue weighted by Gasteiger charge is -2.20. The second-order valence-corrected chi connectivity index (χ2v) is 4.88. The van der Waals surface area contributed by atoms with Crippen molar-refractivity contribution in [2.75, 3.05) is 0 Å². The number of Topliss-reactive ketones (excluding diaryl/α,β-unsaturated/α-hetero) is 1. The largest absolute Gasteiger partial charge is 0.300 e. The number of hydrogen-bond acceptors (Lipinski definition) is 1. The van der Waals surface area contributed by atoms with E-state index in [0.29, 0.717) is 41.5 Å². The van der Waals surface area contributed by atoms with Crippen molar-refractivity contribution < 1.29 is 9.18 Å². The van der Waals surface area contributed by atoms with E-state index in [1.807, 2.05) is 0 Å². The Morgan fingerprint density at radius 2 is 2.25 bits per heavy atom. The van der Waals surface area contributed by atoms with Crippen LogP contribution in [0.5, 0.6) is 0 Å². The van der Waals surface area contributed by atoms with Gasteiger partial charge in [-0.2, -0.15) is 0 Å². The molecule has 1 aliphatic carbocycles.